The van der Waals surface area contributed by atoms with Gasteiger partial charge in [0.15, 0.2) is 5.82 Å². The van der Waals surface area contributed by atoms with E-state index >= 15 is 0 Å². The van der Waals surface area contributed by atoms with Crippen LogP contribution in [-0.4, -0.2) is 75.9 Å². The fraction of sp³-hybridized carbons (Fsp3) is 0.550. The molecule has 2 aliphatic rings. The molecule has 2 aromatic rings. The Morgan fingerprint density at radius 3 is 2.72 bits per heavy atom. The lowest BCUT2D eigenvalue weighted by Crippen LogP contribution is -2.55. The molecule has 0 unspecified atom stereocenters. The molecule has 29 heavy (non-hydrogen) atoms. The molecule has 3 heterocycles. The Balaban J connectivity index is 1.26. The average Bonchev–Trinajstić information content (AvgIpc) is 3.14. The first-order valence-electron chi connectivity index (χ1n) is 9.96. The van der Waals surface area contributed by atoms with Gasteiger partial charge in [-0.1, -0.05) is 0 Å². The maximum Gasteiger partial charge on any atom is 0.248 e. The lowest BCUT2D eigenvalue weighted by molar-refractivity contribution is -0.155. The van der Waals surface area contributed by atoms with Crippen LogP contribution in [0.4, 0.5) is 4.39 Å². The number of rotatable bonds is 6. The quantitative estimate of drug-likeness (QED) is 0.788. The zero-order valence-electron chi connectivity index (χ0n) is 16.5. The second-order valence-electron chi connectivity index (χ2n) is 7.59. The number of nitrogens with one attached hydrogen (secondary N) is 1. The SMILES string of the molecule is Cc1nc(CN2CCC(N3C[C@H](COc4ccc(F)cc4)OCC3=O)CC2)n[nH]1. The van der Waals surface area contributed by atoms with E-state index in [-0.39, 0.29) is 30.5 Å². The van der Waals surface area contributed by atoms with Gasteiger partial charge < -0.3 is 14.4 Å². The predicted octanol–water partition coefficient (Wildman–Crippen LogP) is 1.52. The molecule has 1 aromatic carbocycles. The summed E-state index contributed by atoms with van der Waals surface area (Å²) in [5.41, 5.74) is 0. The summed E-state index contributed by atoms with van der Waals surface area (Å²) < 4.78 is 24.3. The standard InChI is InChI=1S/C20H26FN5O3/c1-14-22-19(24-23-14)11-25-8-6-16(7-9-25)26-10-18(29-13-20(26)27)12-28-17-4-2-15(21)3-5-17/h2-5,16,18H,6-13H2,1H3,(H,22,23,24)/t18-/m1/s1. The highest BCUT2D eigenvalue weighted by Crippen LogP contribution is 2.21. The Bertz CT molecular complexity index is 820. The number of H-pyrrole nitrogens is 1. The number of amides is 1. The number of aryl methyl sites for hydroxylation is 1. The van der Waals surface area contributed by atoms with Gasteiger partial charge >= 0.3 is 0 Å². The van der Waals surface area contributed by atoms with Crippen LogP contribution in [0.2, 0.25) is 0 Å². The first-order chi connectivity index (χ1) is 14.1. The van der Waals surface area contributed by atoms with Crippen LogP contribution >= 0.6 is 0 Å². The highest BCUT2D eigenvalue weighted by Gasteiger charge is 2.34. The van der Waals surface area contributed by atoms with E-state index in [0.717, 1.165) is 44.1 Å². The molecule has 1 amide bonds. The number of morpholine rings is 1. The fourth-order valence-electron chi connectivity index (χ4n) is 3.87. The van der Waals surface area contributed by atoms with Crippen LogP contribution < -0.4 is 4.74 Å². The van der Waals surface area contributed by atoms with Crippen molar-refractivity contribution in [2.45, 2.75) is 38.5 Å². The number of carbonyl (C=O) groups excluding carboxylic acids is 1. The molecule has 1 aromatic heterocycles. The van der Waals surface area contributed by atoms with Crippen molar-refractivity contribution in [3.63, 3.8) is 0 Å². The summed E-state index contributed by atoms with van der Waals surface area (Å²) in [6.07, 6.45) is 1.65. The van der Waals surface area contributed by atoms with E-state index in [0.29, 0.717) is 18.9 Å². The second-order valence-corrected chi connectivity index (χ2v) is 7.59. The van der Waals surface area contributed by atoms with Gasteiger partial charge in [-0.05, 0) is 44.0 Å². The van der Waals surface area contributed by atoms with E-state index in [1.54, 1.807) is 12.1 Å². The smallest absolute Gasteiger partial charge is 0.248 e. The minimum absolute atomic E-state index is 0.0334. The van der Waals surface area contributed by atoms with Gasteiger partial charge in [0.2, 0.25) is 5.91 Å². The first-order valence-corrected chi connectivity index (χ1v) is 9.96. The van der Waals surface area contributed by atoms with Gasteiger partial charge in [-0.15, -0.1) is 0 Å². The molecule has 9 heteroatoms. The number of benzene rings is 1. The third-order valence-electron chi connectivity index (χ3n) is 5.42. The van der Waals surface area contributed by atoms with Gasteiger partial charge in [0, 0.05) is 19.1 Å². The lowest BCUT2D eigenvalue weighted by Gasteiger charge is -2.41. The summed E-state index contributed by atoms with van der Waals surface area (Å²) in [4.78, 5) is 21.0. The van der Waals surface area contributed by atoms with Crippen molar-refractivity contribution in [1.29, 1.82) is 0 Å². The van der Waals surface area contributed by atoms with Crippen LogP contribution in [0.25, 0.3) is 0 Å². The maximum absolute atomic E-state index is 13.0. The molecule has 156 valence electrons. The number of nitrogens with zero attached hydrogens (tertiary/aromatic N) is 4. The van der Waals surface area contributed by atoms with E-state index < -0.39 is 0 Å². The Kier molecular flexibility index (Phi) is 6.05. The van der Waals surface area contributed by atoms with Crippen molar-refractivity contribution in [2.24, 2.45) is 0 Å². The zero-order valence-corrected chi connectivity index (χ0v) is 16.5. The molecular formula is C20H26FN5O3. The Morgan fingerprint density at radius 1 is 1.28 bits per heavy atom. The van der Waals surface area contributed by atoms with Gasteiger partial charge in [0.1, 0.15) is 36.7 Å². The highest BCUT2D eigenvalue weighted by atomic mass is 19.1. The number of hydrogen-bond donors (Lipinski definition) is 1. The van der Waals surface area contributed by atoms with Crippen LogP contribution in [-0.2, 0) is 16.1 Å². The predicted molar refractivity (Wildman–Crippen MR) is 103 cm³/mol. The number of hydrogen-bond acceptors (Lipinski definition) is 6. The number of halogens is 1. The summed E-state index contributed by atoms with van der Waals surface area (Å²) in [5, 5.41) is 7.07. The highest BCUT2D eigenvalue weighted by molar-refractivity contribution is 5.78. The van der Waals surface area contributed by atoms with Crippen LogP contribution in [0.15, 0.2) is 24.3 Å². The van der Waals surface area contributed by atoms with Gasteiger partial charge in [-0.2, -0.15) is 5.10 Å². The molecule has 0 saturated carbocycles. The van der Waals surface area contributed by atoms with E-state index in [4.69, 9.17) is 9.47 Å². The van der Waals surface area contributed by atoms with Gasteiger partial charge in [-0.3, -0.25) is 14.8 Å². The zero-order chi connectivity index (χ0) is 20.2. The van der Waals surface area contributed by atoms with Crippen LogP contribution in [0.1, 0.15) is 24.5 Å². The van der Waals surface area contributed by atoms with Crippen LogP contribution in [0.5, 0.6) is 5.75 Å². The van der Waals surface area contributed by atoms with Crippen molar-refractivity contribution in [1.82, 2.24) is 25.0 Å². The number of piperidine rings is 1. The minimum Gasteiger partial charge on any atom is -0.491 e. The number of aromatic nitrogens is 3. The van der Waals surface area contributed by atoms with E-state index in [1.807, 2.05) is 11.8 Å². The summed E-state index contributed by atoms with van der Waals surface area (Å²) in [6.45, 7) is 5.35. The number of aromatic amines is 1. The monoisotopic (exact) mass is 403 g/mol. The molecule has 4 rings (SSSR count). The molecule has 2 aliphatic heterocycles. The number of ether oxygens (including phenoxy) is 2. The van der Waals surface area contributed by atoms with E-state index in [1.165, 1.54) is 12.1 Å². The normalized spacial score (nSPS) is 21.5. The van der Waals surface area contributed by atoms with Crippen molar-refractivity contribution in [2.75, 3.05) is 32.8 Å². The first kappa shape index (κ1) is 19.8. The molecule has 0 radical (unpaired) electrons. The molecule has 0 aliphatic carbocycles. The third-order valence-corrected chi connectivity index (χ3v) is 5.42. The molecule has 1 atom stereocenters. The van der Waals surface area contributed by atoms with Gasteiger partial charge in [-0.25, -0.2) is 9.37 Å². The van der Waals surface area contributed by atoms with Crippen LogP contribution in [0.3, 0.4) is 0 Å². The topological polar surface area (TPSA) is 83.6 Å². The molecule has 0 bridgehead atoms. The Morgan fingerprint density at radius 2 is 2.03 bits per heavy atom. The molecule has 2 saturated heterocycles. The summed E-state index contributed by atoms with van der Waals surface area (Å²) in [6, 6.07) is 6.12. The average molecular weight is 403 g/mol. The fourth-order valence-corrected chi connectivity index (χ4v) is 3.87. The molecule has 2 fully saturated rings. The molecule has 8 nitrogen and oxygen atoms in total. The number of carbonyl (C=O) groups is 1. The minimum atomic E-state index is -0.299. The van der Waals surface area contributed by atoms with E-state index in [9.17, 15) is 9.18 Å². The Hall–Kier alpha value is -2.52. The van der Waals surface area contributed by atoms with Crippen LogP contribution in [0, 0.1) is 12.7 Å². The maximum atomic E-state index is 13.0. The van der Waals surface area contributed by atoms with Crippen molar-refractivity contribution in [3.8, 4) is 5.75 Å². The summed E-state index contributed by atoms with van der Waals surface area (Å²) >= 11 is 0. The second kappa shape index (κ2) is 8.87. The Labute approximate surface area is 169 Å². The summed E-state index contributed by atoms with van der Waals surface area (Å²) in [7, 11) is 0. The largest absolute Gasteiger partial charge is 0.491 e. The number of likely N-dealkylation sites (tertiary alicyclic amines) is 1. The molecular weight excluding hydrogens is 377 g/mol. The van der Waals surface area contributed by atoms with Crippen molar-refractivity contribution >= 4 is 5.91 Å². The van der Waals surface area contributed by atoms with Crippen molar-refractivity contribution < 1.29 is 18.7 Å². The van der Waals surface area contributed by atoms with Crippen molar-refractivity contribution in [3.05, 3.63) is 41.7 Å². The summed E-state index contributed by atoms with van der Waals surface area (Å²) in [5.74, 6) is 1.96. The van der Waals surface area contributed by atoms with Gasteiger partial charge in [0.05, 0.1) is 13.1 Å². The molecule has 0 spiro atoms. The van der Waals surface area contributed by atoms with Gasteiger partial charge in [0.25, 0.3) is 0 Å². The lowest BCUT2D eigenvalue weighted by atomic mass is 10.0. The molecule has 1 N–H and O–H groups in total. The third kappa shape index (κ3) is 5.10. The van der Waals surface area contributed by atoms with E-state index in [2.05, 4.69) is 20.1 Å².